The van der Waals surface area contributed by atoms with Crippen LogP contribution in [0, 0.1) is 0 Å². The molecular formula is C17H14Cl2N4OS. The van der Waals surface area contributed by atoms with Gasteiger partial charge in [-0.15, -0.1) is 11.3 Å². The maximum Gasteiger partial charge on any atom is 0.259 e. The highest BCUT2D eigenvalue weighted by Gasteiger charge is 2.22. The van der Waals surface area contributed by atoms with E-state index in [2.05, 4.69) is 15.2 Å². The third kappa shape index (κ3) is 3.29. The Labute approximate surface area is 158 Å². The lowest BCUT2D eigenvalue weighted by atomic mass is 10.3. The van der Waals surface area contributed by atoms with E-state index in [9.17, 15) is 4.79 Å². The minimum Gasteiger partial charge on any atom is -0.354 e. The highest BCUT2D eigenvalue weighted by atomic mass is 35.5. The molecule has 8 heteroatoms. The molecule has 0 bridgehead atoms. The fourth-order valence-corrected chi connectivity index (χ4v) is 4.35. The number of nitrogens with one attached hydrogen (secondary N) is 1. The average molecular weight is 393 g/mol. The Balaban J connectivity index is 1.75. The van der Waals surface area contributed by atoms with Gasteiger partial charge in [-0.05, 0) is 31.0 Å². The van der Waals surface area contributed by atoms with Crippen molar-refractivity contribution in [1.29, 1.82) is 0 Å². The summed E-state index contributed by atoms with van der Waals surface area (Å²) in [7, 11) is 0. The van der Waals surface area contributed by atoms with Crippen molar-refractivity contribution in [3.8, 4) is 0 Å². The molecule has 128 valence electrons. The maximum atomic E-state index is 12.6. The van der Waals surface area contributed by atoms with Gasteiger partial charge in [0.25, 0.3) is 5.91 Å². The smallest absolute Gasteiger partial charge is 0.259 e. The van der Waals surface area contributed by atoms with Gasteiger partial charge >= 0.3 is 0 Å². The molecule has 1 aromatic carbocycles. The number of aromatic nitrogens is 2. The van der Waals surface area contributed by atoms with Gasteiger partial charge in [-0.2, -0.15) is 0 Å². The van der Waals surface area contributed by atoms with Gasteiger partial charge in [-0.1, -0.05) is 35.3 Å². The molecule has 0 spiro atoms. The fourth-order valence-electron chi connectivity index (χ4n) is 2.89. The van der Waals surface area contributed by atoms with Crippen molar-refractivity contribution in [2.45, 2.75) is 12.8 Å². The van der Waals surface area contributed by atoms with E-state index in [1.807, 2.05) is 24.3 Å². The van der Waals surface area contributed by atoms with Gasteiger partial charge in [0.15, 0.2) is 11.6 Å². The Kier molecular flexibility index (Phi) is 4.50. The van der Waals surface area contributed by atoms with E-state index in [0.717, 1.165) is 48.3 Å². The molecule has 1 N–H and O–H groups in total. The molecule has 0 atom stereocenters. The normalized spacial score (nSPS) is 14.2. The summed E-state index contributed by atoms with van der Waals surface area (Å²) in [5.74, 6) is 0.809. The molecule has 2 aromatic heterocycles. The summed E-state index contributed by atoms with van der Waals surface area (Å²) < 4.78 is 0.832. The molecule has 0 aliphatic carbocycles. The molecular weight excluding hydrogens is 379 g/mol. The molecule has 0 unspecified atom stereocenters. The Bertz CT molecular complexity index is 953. The third-order valence-electron chi connectivity index (χ3n) is 4.09. The number of carbonyl (C=O) groups is 1. The van der Waals surface area contributed by atoms with E-state index >= 15 is 0 Å². The van der Waals surface area contributed by atoms with Gasteiger partial charge in [-0.25, -0.2) is 9.97 Å². The summed E-state index contributed by atoms with van der Waals surface area (Å²) in [5, 5.41) is 2.86. The van der Waals surface area contributed by atoms with Crippen molar-refractivity contribution in [1.82, 2.24) is 9.97 Å². The van der Waals surface area contributed by atoms with Gasteiger partial charge < -0.3 is 10.2 Å². The molecule has 5 nitrogen and oxygen atoms in total. The number of thiophene rings is 1. The highest BCUT2D eigenvalue weighted by molar-refractivity contribution is 7.20. The standard InChI is InChI=1S/C17H14Cl2N4OS/c18-13-9-10(14(19)25-13)17(24)22-15-16(23-7-3-4-8-23)21-12-6-2-1-5-11(12)20-15/h1-2,5-6,9H,3-4,7-8H2,(H,20,22,24). The minimum atomic E-state index is -0.335. The van der Waals surface area contributed by atoms with Crippen LogP contribution in [0.5, 0.6) is 0 Å². The number of hydrogen-bond donors (Lipinski definition) is 1. The van der Waals surface area contributed by atoms with Crippen molar-refractivity contribution in [3.63, 3.8) is 0 Å². The minimum absolute atomic E-state index is 0.335. The predicted octanol–water partition coefficient (Wildman–Crippen LogP) is 4.85. The topological polar surface area (TPSA) is 58.1 Å². The van der Waals surface area contributed by atoms with Crippen molar-refractivity contribution < 1.29 is 4.79 Å². The van der Waals surface area contributed by atoms with Gasteiger partial charge in [-0.3, -0.25) is 4.79 Å². The average Bonchev–Trinajstić information content (AvgIpc) is 3.23. The first-order valence-corrected chi connectivity index (χ1v) is 9.47. The summed E-state index contributed by atoms with van der Waals surface area (Å²) in [5.41, 5.74) is 1.88. The first-order valence-electron chi connectivity index (χ1n) is 7.90. The lowest BCUT2D eigenvalue weighted by molar-refractivity contribution is 0.102. The third-order valence-corrected chi connectivity index (χ3v) is 5.58. The lowest BCUT2D eigenvalue weighted by Gasteiger charge is -2.20. The van der Waals surface area contributed by atoms with Crippen LogP contribution in [0.4, 0.5) is 11.6 Å². The van der Waals surface area contributed by atoms with E-state index in [4.69, 9.17) is 28.2 Å². The van der Waals surface area contributed by atoms with Crippen LogP contribution in [0.2, 0.25) is 8.67 Å². The van der Waals surface area contributed by atoms with E-state index in [0.29, 0.717) is 25.9 Å². The van der Waals surface area contributed by atoms with Crippen LogP contribution in [0.1, 0.15) is 23.2 Å². The van der Waals surface area contributed by atoms with Crippen LogP contribution in [0.15, 0.2) is 30.3 Å². The molecule has 0 saturated carbocycles. The van der Waals surface area contributed by atoms with Crippen molar-refractivity contribution in [2.24, 2.45) is 0 Å². The monoisotopic (exact) mass is 392 g/mol. The molecule has 1 amide bonds. The SMILES string of the molecule is O=C(Nc1nc2ccccc2nc1N1CCCC1)c1cc(Cl)sc1Cl. The zero-order valence-electron chi connectivity index (χ0n) is 13.1. The van der Waals surface area contributed by atoms with Crippen LogP contribution in [-0.2, 0) is 0 Å². The van der Waals surface area contributed by atoms with Crippen LogP contribution < -0.4 is 10.2 Å². The lowest BCUT2D eigenvalue weighted by Crippen LogP contribution is -2.23. The number of halogens is 2. The Morgan fingerprint density at radius 1 is 1.12 bits per heavy atom. The highest BCUT2D eigenvalue weighted by Crippen LogP contribution is 2.33. The van der Waals surface area contributed by atoms with E-state index < -0.39 is 0 Å². The van der Waals surface area contributed by atoms with Crippen LogP contribution >= 0.6 is 34.5 Å². The molecule has 3 aromatic rings. The number of anilines is 2. The summed E-state index contributed by atoms with van der Waals surface area (Å²) in [6.45, 7) is 1.81. The molecule has 25 heavy (non-hydrogen) atoms. The van der Waals surface area contributed by atoms with E-state index in [1.165, 1.54) is 0 Å². The first kappa shape index (κ1) is 16.6. The van der Waals surface area contributed by atoms with Gasteiger partial charge in [0.1, 0.15) is 4.34 Å². The number of hydrogen-bond acceptors (Lipinski definition) is 5. The molecule has 3 heterocycles. The van der Waals surface area contributed by atoms with E-state index in [1.54, 1.807) is 6.07 Å². The molecule has 1 saturated heterocycles. The first-order chi connectivity index (χ1) is 12.1. The van der Waals surface area contributed by atoms with Crippen molar-refractivity contribution in [2.75, 3.05) is 23.3 Å². The zero-order chi connectivity index (χ0) is 17.4. The second-order valence-electron chi connectivity index (χ2n) is 5.77. The van der Waals surface area contributed by atoms with Crippen LogP contribution in [0.3, 0.4) is 0 Å². The number of fused-ring (bicyclic) bond motifs is 1. The van der Waals surface area contributed by atoms with Gasteiger partial charge in [0.05, 0.1) is 20.9 Å². The molecule has 1 aliphatic rings. The number of rotatable bonds is 3. The maximum absolute atomic E-state index is 12.6. The second-order valence-corrected chi connectivity index (χ2v) is 8.06. The summed E-state index contributed by atoms with van der Waals surface area (Å²) in [6, 6.07) is 9.18. The number of carbonyl (C=O) groups excluding carboxylic acids is 1. The van der Waals surface area contributed by atoms with Gasteiger partial charge in [0.2, 0.25) is 0 Å². The zero-order valence-corrected chi connectivity index (χ0v) is 15.5. The van der Waals surface area contributed by atoms with E-state index in [-0.39, 0.29) is 5.91 Å². The Hall–Kier alpha value is -1.89. The Morgan fingerprint density at radius 2 is 1.80 bits per heavy atom. The number of amides is 1. The van der Waals surface area contributed by atoms with Crippen molar-refractivity contribution in [3.05, 3.63) is 44.6 Å². The second kappa shape index (κ2) is 6.78. The number of para-hydroxylation sites is 2. The largest absolute Gasteiger partial charge is 0.354 e. The Morgan fingerprint density at radius 3 is 2.44 bits per heavy atom. The van der Waals surface area contributed by atoms with Gasteiger partial charge in [0, 0.05) is 13.1 Å². The quantitative estimate of drug-likeness (QED) is 0.691. The van der Waals surface area contributed by atoms with Crippen LogP contribution in [-0.4, -0.2) is 29.0 Å². The van der Waals surface area contributed by atoms with Crippen LogP contribution in [0.25, 0.3) is 11.0 Å². The molecule has 1 aliphatic heterocycles. The summed E-state index contributed by atoms with van der Waals surface area (Å²) in [4.78, 5) is 24.1. The molecule has 1 fully saturated rings. The van der Waals surface area contributed by atoms with Crippen molar-refractivity contribution >= 4 is 63.1 Å². The fraction of sp³-hybridized carbons (Fsp3) is 0.235. The number of nitrogens with zero attached hydrogens (tertiary/aromatic N) is 3. The summed E-state index contributed by atoms with van der Waals surface area (Å²) in [6.07, 6.45) is 2.21. The predicted molar refractivity (Wildman–Crippen MR) is 103 cm³/mol. The molecule has 0 radical (unpaired) electrons. The summed E-state index contributed by atoms with van der Waals surface area (Å²) >= 11 is 13.2. The molecule has 4 rings (SSSR count). The number of benzene rings is 1.